The van der Waals surface area contributed by atoms with Crippen LogP contribution in [0.3, 0.4) is 0 Å². The van der Waals surface area contributed by atoms with Crippen LogP contribution in [0.25, 0.3) is 0 Å². The van der Waals surface area contributed by atoms with Gasteiger partial charge in [-0.15, -0.1) is 11.8 Å². The monoisotopic (exact) mass is 292 g/mol. The number of nitrogens with two attached hydrogens (primary N) is 1. The van der Waals surface area contributed by atoms with E-state index in [4.69, 9.17) is 5.73 Å². The van der Waals surface area contributed by atoms with E-state index >= 15 is 0 Å². The Bertz CT molecular complexity index is 429. The van der Waals surface area contributed by atoms with Crippen molar-refractivity contribution in [3.05, 3.63) is 24.0 Å². The highest BCUT2D eigenvalue weighted by Crippen LogP contribution is 2.29. The third kappa shape index (κ3) is 5.98. The molecule has 1 amide bonds. The van der Waals surface area contributed by atoms with Gasteiger partial charge in [0.2, 0.25) is 12.3 Å². The van der Waals surface area contributed by atoms with Crippen LogP contribution in [0.15, 0.2) is 23.1 Å². The number of carbonyl (C=O) groups excluding carboxylic acids is 1. The van der Waals surface area contributed by atoms with Crippen molar-refractivity contribution in [3.8, 4) is 0 Å². The van der Waals surface area contributed by atoms with E-state index in [0.29, 0.717) is 17.9 Å². The van der Waals surface area contributed by atoms with E-state index in [2.05, 4.69) is 5.32 Å². The minimum absolute atomic E-state index is 0.214. The number of thioether (sulfide) groups is 1. The summed E-state index contributed by atoms with van der Waals surface area (Å²) in [7, 11) is 0. The molecule has 0 aliphatic rings. The Kier molecular flexibility index (Phi) is 6.72. The first-order valence-electron chi connectivity index (χ1n) is 5.73. The molecule has 1 rings (SSSR count). The maximum absolute atomic E-state index is 13.1. The van der Waals surface area contributed by atoms with Crippen molar-refractivity contribution in [3.63, 3.8) is 0 Å². The van der Waals surface area contributed by atoms with Crippen molar-refractivity contribution in [2.24, 2.45) is 5.73 Å². The van der Waals surface area contributed by atoms with Gasteiger partial charge in [0.1, 0.15) is 5.82 Å². The molecule has 0 aromatic heterocycles. The molecule has 106 valence electrons. The Balaban J connectivity index is 2.73. The van der Waals surface area contributed by atoms with E-state index < -0.39 is 18.0 Å². The quantitative estimate of drug-likeness (QED) is 0.760. The van der Waals surface area contributed by atoms with Gasteiger partial charge in [-0.05, 0) is 31.2 Å². The number of carbonyl (C=O) groups is 1. The van der Waals surface area contributed by atoms with Gasteiger partial charge in [-0.25, -0.2) is 13.2 Å². The molecule has 0 aliphatic carbocycles. The molecule has 0 saturated heterocycles. The predicted molar refractivity (Wildman–Crippen MR) is 70.0 cm³/mol. The number of anilines is 1. The zero-order valence-corrected chi connectivity index (χ0v) is 11.0. The van der Waals surface area contributed by atoms with Crippen LogP contribution in [0.4, 0.5) is 18.9 Å². The van der Waals surface area contributed by atoms with E-state index in [1.807, 2.05) is 0 Å². The van der Waals surface area contributed by atoms with Gasteiger partial charge in [0.15, 0.2) is 0 Å². The summed E-state index contributed by atoms with van der Waals surface area (Å²) in [6, 6.07) is 3.67. The Labute approximate surface area is 113 Å². The molecule has 0 spiro atoms. The molecular formula is C12H15F3N2OS. The zero-order valence-electron chi connectivity index (χ0n) is 10.2. The van der Waals surface area contributed by atoms with E-state index in [1.165, 1.54) is 12.1 Å². The van der Waals surface area contributed by atoms with E-state index in [1.54, 1.807) is 0 Å². The molecule has 0 saturated carbocycles. The predicted octanol–water partition coefficient (Wildman–Crippen LogP) is 2.86. The lowest BCUT2D eigenvalue weighted by molar-refractivity contribution is -0.116. The topological polar surface area (TPSA) is 55.1 Å². The number of amides is 1. The van der Waals surface area contributed by atoms with E-state index in [-0.39, 0.29) is 18.0 Å². The summed E-state index contributed by atoms with van der Waals surface area (Å²) in [4.78, 5) is 11.9. The fourth-order valence-corrected chi connectivity index (χ4v) is 2.09. The Morgan fingerprint density at radius 3 is 2.79 bits per heavy atom. The van der Waals surface area contributed by atoms with Crippen molar-refractivity contribution in [1.29, 1.82) is 0 Å². The second kappa shape index (κ2) is 8.06. The van der Waals surface area contributed by atoms with E-state index in [9.17, 15) is 18.0 Å². The highest BCUT2D eigenvalue weighted by Gasteiger charge is 2.11. The maximum atomic E-state index is 13.1. The summed E-state index contributed by atoms with van der Waals surface area (Å²) >= 11 is 0.874. The summed E-state index contributed by atoms with van der Waals surface area (Å²) in [6.45, 7) is 0.379. The average Bonchev–Trinajstić information content (AvgIpc) is 2.35. The van der Waals surface area contributed by atoms with Gasteiger partial charge in [-0.3, -0.25) is 4.79 Å². The Hall–Kier alpha value is -1.21. The third-order valence-electron chi connectivity index (χ3n) is 2.19. The molecule has 3 N–H and O–H groups in total. The van der Waals surface area contributed by atoms with Crippen molar-refractivity contribution in [2.45, 2.75) is 24.2 Å². The summed E-state index contributed by atoms with van der Waals surface area (Å²) in [6.07, 6.45) is -1.73. The fourth-order valence-electron chi connectivity index (χ4n) is 1.35. The molecule has 7 heteroatoms. The van der Waals surface area contributed by atoms with Crippen molar-refractivity contribution in [1.82, 2.24) is 0 Å². The lowest BCUT2D eigenvalue weighted by Gasteiger charge is -2.10. The first-order valence-corrected chi connectivity index (χ1v) is 6.72. The van der Waals surface area contributed by atoms with Gasteiger partial charge < -0.3 is 11.1 Å². The number of halogens is 3. The molecule has 3 nitrogen and oxygen atoms in total. The first kappa shape index (κ1) is 15.8. The number of alkyl halides is 2. The van der Waals surface area contributed by atoms with Crippen LogP contribution in [0.5, 0.6) is 0 Å². The molecule has 1 aromatic carbocycles. The van der Waals surface area contributed by atoms with Crippen LogP contribution < -0.4 is 11.1 Å². The molecule has 0 unspecified atom stereocenters. The summed E-state index contributed by atoms with van der Waals surface area (Å²) in [5, 5.41) is 2.51. The Morgan fingerprint density at radius 2 is 2.16 bits per heavy atom. The van der Waals surface area contributed by atoms with Crippen LogP contribution in [-0.4, -0.2) is 24.6 Å². The smallest absolute Gasteiger partial charge is 0.247 e. The molecule has 0 fully saturated rings. The summed E-state index contributed by atoms with van der Waals surface area (Å²) in [5.41, 5.74) is 5.49. The van der Waals surface area contributed by atoms with Gasteiger partial charge in [0, 0.05) is 11.3 Å². The van der Waals surface area contributed by atoms with Crippen LogP contribution in [0, 0.1) is 5.82 Å². The standard InChI is InChI=1S/C12H15F3N2OS/c13-8-3-4-10(19-7-11(14)15)9(6-8)17-12(18)2-1-5-16/h3-4,6,11H,1-2,5,7,16H2,(H,17,18). The minimum Gasteiger partial charge on any atom is -0.330 e. The number of hydrogen-bond donors (Lipinski definition) is 2. The van der Waals surface area contributed by atoms with Crippen molar-refractivity contribution in [2.75, 3.05) is 17.6 Å². The summed E-state index contributed by atoms with van der Waals surface area (Å²) < 4.78 is 37.4. The second-order valence-corrected chi connectivity index (χ2v) is 4.84. The lowest BCUT2D eigenvalue weighted by atomic mass is 10.2. The largest absolute Gasteiger partial charge is 0.330 e. The fraction of sp³-hybridized carbons (Fsp3) is 0.417. The molecule has 19 heavy (non-hydrogen) atoms. The average molecular weight is 292 g/mol. The molecule has 0 bridgehead atoms. The highest BCUT2D eigenvalue weighted by atomic mass is 32.2. The van der Waals surface area contributed by atoms with Gasteiger partial charge >= 0.3 is 0 Å². The number of nitrogens with one attached hydrogen (secondary N) is 1. The van der Waals surface area contributed by atoms with Crippen LogP contribution in [0.1, 0.15) is 12.8 Å². The highest BCUT2D eigenvalue weighted by molar-refractivity contribution is 7.99. The van der Waals surface area contributed by atoms with Crippen molar-refractivity contribution >= 4 is 23.4 Å². The van der Waals surface area contributed by atoms with E-state index in [0.717, 1.165) is 17.8 Å². The van der Waals surface area contributed by atoms with Gasteiger partial charge in [0.25, 0.3) is 0 Å². The van der Waals surface area contributed by atoms with Gasteiger partial charge in [-0.1, -0.05) is 0 Å². The lowest BCUT2D eigenvalue weighted by Crippen LogP contribution is -2.14. The molecule has 0 heterocycles. The van der Waals surface area contributed by atoms with Crippen LogP contribution in [0.2, 0.25) is 0 Å². The maximum Gasteiger partial charge on any atom is 0.247 e. The molecule has 0 atom stereocenters. The molecule has 0 radical (unpaired) electrons. The normalized spacial score (nSPS) is 10.8. The third-order valence-corrected chi connectivity index (χ3v) is 3.27. The van der Waals surface area contributed by atoms with Crippen molar-refractivity contribution < 1.29 is 18.0 Å². The van der Waals surface area contributed by atoms with Crippen LogP contribution >= 0.6 is 11.8 Å². The molecular weight excluding hydrogens is 277 g/mol. The number of hydrogen-bond acceptors (Lipinski definition) is 3. The SMILES string of the molecule is NCCCC(=O)Nc1cc(F)ccc1SCC(F)F. The first-order chi connectivity index (χ1) is 9.02. The van der Waals surface area contributed by atoms with Crippen LogP contribution in [-0.2, 0) is 4.79 Å². The minimum atomic E-state index is -2.46. The molecule has 0 aliphatic heterocycles. The summed E-state index contributed by atoms with van der Waals surface area (Å²) in [5.74, 6) is -1.25. The Morgan fingerprint density at radius 1 is 1.42 bits per heavy atom. The number of rotatable bonds is 7. The zero-order chi connectivity index (χ0) is 14.3. The second-order valence-electron chi connectivity index (χ2n) is 3.78. The van der Waals surface area contributed by atoms with Gasteiger partial charge in [-0.2, -0.15) is 0 Å². The molecule has 1 aromatic rings. The number of benzene rings is 1. The van der Waals surface area contributed by atoms with Gasteiger partial charge in [0.05, 0.1) is 11.4 Å².